The second-order valence-electron chi connectivity index (χ2n) is 4.38. The van der Waals surface area contributed by atoms with E-state index in [1.165, 1.54) is 32.0 Å². The van der Waals surface area contributed by atoms with Gasteiger partial charge in [0.25, 0.3) is 5.91 Å². The largest absolute Gasteiger partial charge is 0.406 e. The lowest BCUT2D eigenvalue weighted by Gasteiger charge is -2.28. The van der Waals surface area contributed by atoms with Crippen LogP contribution in [-0.2, 0) is 0 Å². The third kappa shape index (κ3) is 4.31. The molecule has 19 heavy (non-hydrogen) atoms. The van der Waals surface area contributed by atoms with E-state index in [0.29, 0.717) is 4.90 Å². The molecule has 106 valence electrons. The van der Waals surface area contributed by atoms with Crippen LogP contribution in [0.2, 0.25) is 5.02 Å². The smallest absolute Gasteiger partial charge is 0.399 e. The number of nitrogen functional groups attached to an aromatic ring is 1. The highest BCUT2D eigenvalue weighted by molar-refractivity contribution is 6.34. The fourth-order valence-corrected chi connectivity index (χ4v) is 1.74. The molecule has 0 aliphatic carbocycles. The Morgan fingerprint density at radius 1 is 1.42 bits per heavy atom. The number of rotatable bonds is 3. The lowest BCUT2D eigenvalue weighted by Crippen LogP contribution is -2.43. The summed E-state index contributed by atoms with van der Waals surface area (Å²) in [5.41, 5.74) is 5.76. The number of carbonyl (C=O) groups excluding carboxylic acids is 1. The third-order valence-corrected chi connectivity index (χ3v) is 2.78. The normalized spacial score (nSPS) is 11.7. The van der Waals surface area contributed by atoms with E-state index in [2.05, 4.69) is 0 Å². The molecule has 0 aliphatic heterocycles. The van der Waals surface area contributed by atoms with Gasteiger partial charge in [0, 0.05) is 11.7 Å². The highest BCUT2D eigenvalue weighted by Gasteiger charge is 2.35. The summed E-state index contributed by atoms with van der Waals surface area (Å²) in [6.07, 6.45) is -4.47. The van der Waals surface area contributed by atoms with Crippen molar-refractivity contribution in [1.82, 2.24) is 4.90 Å². The maximum Gasteiger partial charge on any atom is 0.406 e. The third-order valence-electron chi connectivity index (χ3n) is 2.45. The van der Waals surface area contributed by atoms with Crippen LogP contribution in [0.3, 0.4) is 0 Å². The van der Waals surface area contributed by atoms with Crippen molar-refractivity contribution in [2.75, 3.05) is 12.3 Å². The van der Waals surface area contributed by atoms with Gasteiger partial charge in [0.2, 0.25) is 0 Å². The second kappa shape index (κ2) is 5.69. The van der Waals surface area contributed by atoms with E-state index in [0.717, 1.165) is 0 Å². The monoisotopic (exact) mass is 294 g/mol. The van der Waals surface area contributed by atoms with Gasteiger partial charge in [0.15, 0.2) is 0 Å². The summed E-state index contributed by atoms with van der Waals surface area (Å²) < 4.78 is 37.4. The van der Waals surface area contributed by atoms with Crippen LogP contribution in [0.15, 0.2) is 18.2 Å². The molecule has 3 nitrogen and oxygen atoms in total. The van der Waals surface area contributed by atoms with Crippen LogP contribution in [0.4, 0.5) is 18.9 Å². The van der Waals surface area contributed by atoms with Crippen LogP contribution >= 0.6 is 11.6 Å². The second-order valence-corrected chi connectivity index (χ2v) is 4.79. The van der Waals surface area contributed by atoms with E-state index in [-0.39, 0.29) is 16.3 Å². The molecule has 2 N–H and O–H groups in total. The predicted octanol–water partition coefficient (Wildman–Crippen LogP) is 3.34. The van der Waals surface area contributed by atoms with Gasteiger partial charge in [-0.3, -0.25) is 4.79 Å². The summed E-state index contributed by atoms with van der Waals surface area (Å²) >= 11 is 5.83. The number of anilines is 1. The minimum absolute atomic E-state index is 0.0281. The van der Waals surface area contributed by atoms with Gasteiger partial charge in [-0.05, 0) is 32.0 Å². The van der Waals surface area contributed by atoms with Gasteiger partial charge in [-0.15, -0.1) is 0 Å². The van der Waals surface area contributed by atoms with Crippen molar-refractivity contribution >= 4 is 23.2 Å². The average Bonchev–Trinajstić information content (AvgIpc) is 2.27. The Labute approximate surface area is 114 Å². The molecule has 0 radical (unpaired) electrons. The van der Waals surface area contributed by atoms with Crippen LogP contribution in [0.25, 0.3) is 0 Å². The van der Waals surface area contributed by atoms with E-state index in [4.69, 9.17) is 17.3 Å². The average molecular weight is 295 g/mol. The van der Waals surface area contributed by atoms with Crippen molar-refractivity contribution in [3.8, 4) is 0 Å². The van der Waals surface area contributed by atoms with E-state index >= 15 is 0 Å². The van der Waals surface area contributed by atoms with Gasteiger partial charge in [-0.25, -0.2) is 0 Å². The molecular formula is C12H14ClF3N2O. The number of alkyl halides is 3. The fraction of sp³-hybridized carbons (Fsp3) is 0.417. The Balaban J connectivity index is 3.09. The molecule has 0 saturated carbocycles. The van der Waals surface area contributed by atoms with Crippen molar-refractivity contribution in [3.05, 3.63) is 28.8 Å². The van der Waals surface area contributed by atoms with E-state index in [1.807, 2.05) is 0 Å². The van der Waals surface area contributed by atoms with E-state index in [1.54, 1.807) is 0 Å². The quantitative estimate of drug-likeness (QED) is 0.869. The summed E-state index contributed by atoms with van der Waals surface area (Å²) in [4.78, 5) is 12.8. The zero-order chi connectivity index (χ0) is 14.8. The van der Waals surface area contributed by atoms with Gasteiger partial charge in [-0.1, -0.05) is 11.6 Å². The molecule has 0 fully saturated rings. The first-order chi connectivity index (χ1) is 8.61. The van der Waals surface area contributed by atoms with Crippen molar-refractivity contribution in [3.63, 3.8) is 0 Å². The van der Waals surface area contributed by atoms with Crippen LogP contribution in [0.1, 0.15) is 24.2 Å². The summed E-state index contributed by atoms with van der Waals surface area (Å²) in [6.45, 7) is 1.68. The molecule has 1 aromatic rings. The molecule has 1 amide bonds. The topological polar surface area (TPSA) is 46.3 Å². The number of hydrogen-bond donors (Lipinski definition) is 1. The summed E-state index contributed by atoms with van der Waals surface area (Å²) in [7, 11) is 0. The molecule has 0 heterocycles. The maximum atomic E-state index is 12.5. The molecular weight excluding hydrogens is 281 g/mol. The van der Waals surface area contributed by atoms with Crippen molar-refractivity contribution in [2.24, 2.45) is 0 Å². The number of halogens is 4. The van der Waals surface area contributed by atoms with Gasteiger partial charge < -0.3 is 10.6 Å². The molecule has 0 saturated heterocycles. The molecule has 0 atom stereocenters. The SMILES string of the molecule is CC(C)N(CC(F)(F)F)C(=O)c1cc(N)ccc1Cl. The summed E-state index contributed by atoms with van der Waals surface area (Å²) in [5.74, 6) is -0.787. The highest BCUT2D eigenvalue weighted by atomic mass is 35.5. The van der Waals surface area contributed by atoms with Crippen molar-refractivity contribution in [2.45, 2.75) is 26.1 Å². The maximum absolute atomic E-state index is 12.5. The Morgan fingerprint density at radius 2 is 2.00 bits per heavy atom. The Morgan fingerprint density at radius 3 is 2.47 bits per heavy atom. The van der Waals surface area contributed by atoms with Gasteiger partial charge in [-0.2, -0.15) is 13.2 Å². The molecule has 0 aromatic heterocycles. The highest BCUT2D eigenvalue weighted by Crippen LogP contribution is 2.24. The summed E-state index contributed by atoms with van der Waals surface area (Å²) in [6, 6.07) is 3.53. The first-order valence-corrected chi connectivity index (χ1v) is 5.92. The minimum atomic E-state index is -4.47. The molecule has 1 aromatic carbocycles. The zero-order valence-corrected chi connectivity index (χ0v) is 11.2. The molecule has 0 unspecified atom stereocenters. The Hall–Kier alpha value is -1.43. The molecule has 7 heteroatoms. The van der Waals surface area contributed by atoms with E-state index in [9.17, 15) is 18.0 Å². The van der Waals surface area contributed by atoms with Crippen LogP contribution in [0.5, 0.6) is 0 Å². The van der Waals surface area contributed by atoms with Gasteiger partial charge >= 0.3 is 6.18 Å². The van der Waals surface area contributed by atoms with Crippen molar-refractivity contribution in [1.29, 1.82) is 0 Å². The lowest BCUT2D eigenvalue weighted by molar-refractivity contribution is -0.143. The van der Waals surface area contributed by atoms with Crippen LogP contribution in [-0.4, -0.2) is 29.6 Å². The molecule has 0 bridgehead atoms. The first kappa shape index (κ1) is 15.6. The molecule has 1 rings (SSSR count). The molecule has 0 aliphatic rings. The van der Waals surface area contributed by atoms with E-state index < -0.39 is 24.7 Å². The zero-order valence-electron chi connectivity index (χ0n) is 10.5. The van der Waals surface area contributed by atoms with Gasteiger partial charge in [0.1, 0.15) is 6.54 Å². The number of benzene rings is 1. The summed E-state index contributed by atoms with van der Waals surface area (Å²) in [5, 5.41) is 0.0759. The van der Waals surface area contributed by atoms with Crippen molar-refractivity contribution < 1.29 is 18.0 Å². The Bertz CT molecular complexity index is 475. The van der Waals surface area contributed by atoms with Crippen LogP contribution in [0, 0.1) is 0 Å². The Kier molecular flexibility index (Phi) is 4.68. The number of nitrogens with zero attached hydrogens (tertiary/aromatic N) is 1. The number of hydrogen-bond acceptors (Lipinski definition) is 2. The fourth-order valence-electron chi connectivity index (χ4n) is 1.54. The van der Waals surface area contributed by atoms with Gasteiger partial charge in [0.05, 0.1) is 10.6 Å². The lowest BCUT2D eigenvalue weighted by atomic mass is 10.1. The molecule has 0 spiro atoms. The predicted molar refractivity (Wildman–Crippen MR) is 68.1 cm³/mol. The first-order valence-electron chi connectivity index (χ1n) is 5.54. The minimum Gasteiger partial charge on any atom is -0.399 e. The standard InChI is InChI=1S/C12H14ClF3N2O/c1-7(2)18(6-12(14,15)16)11(19)9-5-8(17)3-4-10(9)13/h3-5,7H,6,17H2,1-2H3. The number of carbonyl (C=O) groups is 1. The van der Waals surface area contributed by atoms with Crippen LogP contribution < -0.4 is 5.73 Å². The number of amides is 1. The number of nitrogens with two attached hydrogens (primary N) is 1.